The zero-order chi connectivity index (χ0) is 30.2. The smallest absolute Gasteiger partial charge is 0.475 e. The first-order valence-corrected chi connectivity index (χ1v) is 12.6. The fourth-order valence-corrected chi connectivity index (χ4v) is 4.39. The van der Waals surface area contributed by atoms with Gasteiger partial charge < -0.3 is 14.8 Å². The van der Waals surface area contributed by atoms with Crippen LogP contribution in [0.25, 0.3) is 22.6 Å². The first-order valence-electron chi connectivity index (χ1n) is 11.7. The number of piperidine rings is 1. The van der Waals surface area contributed by atoms with Crippen LogP contribution in [0, 0.1) is 0 Å². The number of aromatic nitrogens is 5. The second-order valence-electron chi connectivity index (χ2n) is 8.53. The summed E-state index contributed by atoms with van der Waals surface area (Å²) in [6.45, 7) is 3.24. The van der Waals surface area contributed by atoms with E-state index in [-0.39, 0.29) is 0 Å². The van der Waals surface area contributed by atoms with Crippen LogP contribution in [-0.4, -0.2) is 77.0 Å². The van der Waals surface area contributed by atoms with E-state index in [1.54, 1.807) is 29.9 Å². The number of nitrogens with zero attached hydrogens (tertiary/aromatic N) is 6. The molecule has 1 aliphatic rings. The molecule has 220 valence electrons. The Balaban J connectivity index is 0.000000276. The minimum atomic E-state index is -5.08. The molecule has 0 unspecified atom stereocenters. The molecular weight excluding hydrogens is 582 g/mol. The monoisotopic (exact) mass is 604 g/mol. The van der Waals surface area contributed by atoms with E-state index in [1.165, 1.54) is 5.56 Å². The number of hydrogen-bond donors (Lipinski definition) is 2. The van der Waals surface area contributed by atoms with Crippen molar-refractivity contribution in [3.05, 3.63) is 59.4 Å². The molecule has 10 nitrogen and oxygen atoms in total. The van der Waals surface area contributed by atoms with Crippen LogP contribution in [0.15, 0.2) is 53.9 Å². The standard InChI is InChI=1S/C20H20N6S.2C2HF3O2/c1-6-21-7-2-16(1)18-11-22-19-20(24-18)26(14-23-19)17-3-8-25(9-4-17)12-15-5-10-27-13-15;2*3-2(4,5)1(6)7/h1-2,5-7,10-11,13-14,17H,3-4,8-9,12H2;2*(H,6,7). The highest BCUT2D eigenvalue weighted by Gasteiger charge is 2.38. The second-order valence-corrected chi connectivity index (χ2v) is 9.31. The van der Waals surface area contributed by atoms with Crippen LogP contribution in [0.5, 0.6) is 0 Å². The highest BCUT2D eigenvalue weighted by atomic mass is 32.1. The number of pyridine rings is 1. The van der Waals surface area contributed by atoms with Gasteiger partial charge in [-0.05, 0) is 47.4 Å². The molecule has 0 saturated carbocycles. The van der Waals surface area contributed by atoms with Gasteiger partial charge in [-0.25, -0.2) is 24.5 Å². The van der Waals surface area contributed by atoms with Gasteiger partial charge in [-0.2, -0.15) is 37.7 Å². The molecule has 0 radical (unpaired) electrons. The van der Waals surface area contributed by atoms with Crippen LogP contribution in [0.2, 0.25) is 0 Å². The topological polar surface area (TPSA) is 134 Å². The molecule has 17 heteroatoms. The molecule has 2 N–H and O–H groups in total. The molecule has 0 atom stereocenters. The number of halogens is 6. The van der Waals surface area contributed by atoms with E-state index >= 15 is 0 Å². The Labute approximate surface area is 231 Å². The van der Waals surface area contributed by atoms with Gasteiger partial charge in [0.15, 0.2) is 11.3 Å². The van der Waals surface area contributed by atoms with Crippen molar-refractivity contribution in [1.82, 2.24) is 29.4 Å². The maximum Gasteiger partial charge on any atom is 0.490 e. The van der Waals surface area contributed by atoms with Crippen molar-refractivity contribution in [2.75, 3.05) is 13.1 Å². The summed E-state index contributed by atoms with van der Waals surface area (Å²) in [5.74, 6) is -5.51. The van der Waals surface area contributed by atoms with Gasteiger partial charge in [-0.1, -0.05) is 0 Å². The number of imidazole rings is 1. The maximum absolute atomic E-state index is 10.6. The number of aliphatic carboxylic acids is 2. The van der Waals surface area contributed by atoms with Crippen LogP contribution in [0.4, 0.5) is 26.3 Å². The highest BCUT2D eigenvalue weighted by molar-refractivity contribution is 7.07. The lowest BCUT2D eigenvalue weighted by Crippen LogP contribution is -2.34. The zero-order valence-electron chi connectivity index (χ0n) is 20.9. The minimum absolute atomic E-state index is 0.427. The van der Waals surface area contributed by atoms with E-state index in [9.17, 15) is 26.3 Å². The largest absolute Gasteiger partial charge is 0.490 e. The molecule has 0 spiro atoms. The molecule has 4 aromatic rings. The Bertz CT molecular complexity index is 1400. The third-order valence-electron chi connectivity index (χ3n) is 5.68. The molecule has 1 fully saturated rings. The molecule has 0 aliphatic carbocycles. The van der Waals surface area contributed by atoms with Gasteiger partial charge in [-0.15, -0.1) is 0 Å². The minimum Gasteiger partial charge on any atom is -0.475 e. The quantitative estimate of drug-likeness (QED) is 0.307. The predicted molar refractivity (Wildman–Crippen MR) is 134 cm³/mol. The summed E-state index contributed by atoms with van der Waals surface area (Å²) in [6.07, 6.45) is -0.699. The average Bonchev–Trinajstić information content (AvgIpc) is 3.59. The first-order chi connectivity index (χ1) is 19.3. The number of fused-ring (bicyclic) bond motifs is 1. The average molecular weight is 605 g/mol. The Kier molecular flexibility index (Phi) is 10.3. The Morgan fingerprint density at radius 1 is 0.951 bits per heavy atom. The third-order valence-corrected chi connectivity index (χ3v) is 6.41. The molecular formula is C24H22F6N6O4S. The van der Waals surface area contributed by atoms with Gasteiger partial charge >= 0.3 is 24.3 Å². The maximum atomic E-state index is 10.6. The van der Waals surface area contributed by atoms with E-state index in [0.717, 1.165) is 49.4 Å². The highest BCUT2D eigenvalue weighted by Crippen LogP contribution is 2.27. The summed E-state index contributed by atoms with van der Waals surface area (Å²) >= 11 is 1.77. The Morgan fingerprint density at radius 3 is 2.05 bits per heavy atom. The molecule has 0 bridgehead atoms. The van der Waals surface area contributed by atoms with Crippen molar-refractivity contribution in [1.29, 1.82) is 0 Å². The summed E-state index contributed by atoms with van der Waals surface area (Å²) in [7, 11) is 0. The fraction of sp³-hybridized carbons (Fsp3) is 0.333. The number of thiophene rings is 1. The van der Waals surface area contributed by atoms with Gasteiger partial charge in [0.25, 0.3) is 0 Å². The number of likely N-dealkylation sites (tertiary alicyclic amines) is 1. The third kappa shape index (κ3) is 9.21. The van der Waals surface area contributed by atoms with Gasteiger partial charge in [-0.3, -0.25) is 9.88 Å². The van der Waals surface area contributed by atoms with E-state index < -0.39 is 24.3 Å². The molecule has 1 saturated heterocycles. The molecule has 0 amide bonds. The lowest BCUT2D eigenvalue weighted by atomic mass is 10.0. The van der Waals surface area contributed by atoms with Gasteiger partial charge in [0, 0.05) is 43.6 Å². The summed E-state index contributed by atoms with van der Waals surface area (Å²) in [4.78, 5) is 38.2. The van der Waals surface area contributed by atoms with Gasteiger partial charge in [0.05, 0.1) is 18.2 Å². The Morgan fingerprint density at radius 2 is 1.54 bits per heavy atom. The van der Waals surface area contributed by atoms with E-state index in [4.69, 9.17) is 24.8 Å². The Hall–Kier alpha value is -4.12. The lowest BCUT2D eigenvalue weighted by Gasteiger charge is -2.32. The number of hydrogen-bond acceptors (Lipinski definition) is 8. The van der Waals surface area contributed by atoms with Crippen molar-refractivity contribution >= 4 is 34.6 Å². The predicted octanol–water partition coefficient (Wildman–Crippen LogP) is 5.05. The zero-order valence-corrected chi connectivity index (χ0v) is 21.7. The number of alkyl halides is 6. The number of carboxylic acid groups (broad SMARTS) is 2. The van der Waals surface area contributed by atoms with Crippen LogP contribution < -0.4 is 0 Å². The number of carbonyl (C=O) groups is 2. The second kappa shape index (κ2) is 13.5. The molecule has 5 rings (SSSR count). The van der Waals surface area contributed by atoms with Crippen LogP contribution in [-0.2, 0) is 16.1 Å². The van der Waals surface area contributed by atoms with Gasteiger partial charge in [0.1, 0.15) is 0 Å². The lowest BCUT2D eigenvalue weighted by molar-refractivity contribution is -0.193. The summed E-state index contributed by atoms with van der Waals surface area (Å²) in [5.41, 5.74) is 4.90. The SMILES string of the molecule is O=C(O)C(F)(F)F.O=C(O)C(F)(F)F.c1cc(-c2cnc3ncn(C4CCN(Cc5ccsc5)CC4)c3n2)ccn1. The van der Waals surface area contributed by atoms with Crippen molar-refractivity contribution < 1.29 is 46.1 Å². The first kappa shape index (κ1) is 31.4. The summed E-state index contributed by atoms with van der Waals surface area (Å²) in [5, 5.41) is 18.6. The molecule has 0 aromatic carbocycles. The van der Waals surface area contributed by atoms with Gasteiger partial charge in [0.2, 0.25) is 0 Å². The van der Waals surface area contributed by atoms with Crippen molar-refractivity contribution in [2.45, 2.75) is 37.8 Å². The van der Waals surface area contributed by atoms with Crippen LogP contribution >= 0.6 is 11.3 Å². The molecule has 41 heavy (non-hydrogen) atoms. The summed E-state index contributed by atoms with van der Waals surface area (Å²) in [6, 6.07) is 6.56. The van der Waals surface area contributed by atoms with Crippen molar-refractivity contribution in [3.63, 3.8) is 0 Å². The normalized spacial score (nSPS) is 14.5. The van der Waals surface area contributed by atoms with Crippen LogP contribution in [0.1, 0.15) is 24.4 Å². The summed E-state index contributed by atoms with van der Waals surface area (Å²) < 4.78 is 65.7. The van der Waals surface area contributed by atoms with E-state index in [2.05, 4.69) is 41.2 Å². The van der Waals surface area contributed by atoms with E-state index in [1.807, 2.05) is 18.5 Å². The molecule has 4 aromatic heterocycles. The number of carboxylic acids is 2. The molecule has 1 aliphatic heterocycles. The van der Waals surface area contributed by atoms with E-state index in [0.29, 0.717) is 11.7 Å². The van der Waals surface area contributed by atoms with Crippen LogP contribution in [0.3, 0.4) is 0 Å². The van der Waals surface area contributed by atoms with Crippen molar-refractivity contribution in [3.8, 4) is 11.3 Å². The van der Waals surface area contributed by atoms with Crippen molar-refractivity contribution in [2.24, 2.45) is 0 Å². The fourth-order valence-electron chi connectivity index (χ4n) is 3.73. The molecule has 5 heterocycles. The number of rotatable bonds is 4.